The van der Waals surface area contributed by atoms with Gasteiger partial charge in [-0.05, 0) is 55.7 Å². The third-order valence-electron chi connectivity index (χ3n) is 3.90. The lowest BCUT2D eigenvalue weighted by Gasteiger charge is -2.16. The average molecular weight is 372 g/mol. The van der Waals surface area contributed by atoms with Crippen molar-refractivity contribution in [3.63, 3.8) is 0 Å². The van der Waals surface area contributed by atoms with Gasteiger partial charge in [0, 0.05) is 12.2 Å². The number of hydrogen-bond donors (Lipinski definition) is 2. The van der Waals surface area contributed by atoms with Crippen LogP contribution in [0.2, 0.25) is 0 Å². The Labute approximate surface area is 144 Å². The topological polar surface area (TPSA) is 72.2 Å². The van der Waals surface area contributed by atoms with E-state index in [1.807, 2.05) is 32.9 Å². The Morgan fingerprint density at radius 1 is 1.04 bits per heavy atom. The highest BCUT2D eigenvalue weighted by molar-refractivity contribution is 7.89. The maximum absolute atomic E-state index is 13.1. The van der Waals surface area contributed by atoms with Gasteiger partial charge < -0.3 is 5.32 Å². The molecule has 0 heterocycles. The third-order valence-corrected chi connectivity index (χ3v) is 4.87. The average Bonchev–Trinajstić information content (AvgIpc) is 2.43. The Kier molecular flexibility index (Phi) is 5.15. The van der Waals surface area contributed by atoms with Crippen molar-refractivity contribution in [2.75, 3.05) is 5.32 Å². The smallest absolute Gasteiger partial charge is 0.381 e. The molecule has 0 fully saturated rings. The molecule has 0 unspecified atom stereocenters. The predicted molar refractivity (Wildman–Crippen MR) is 90.8 cm³/mol. The van der Waals surface area contributed by atoms with Crippen LogP contribution in [0.5, 0.6) is 0 Å². The van der Waals surface area contributed by atoms with Crippen LogP contribution in [-0.4, -0.2) is 8.42 Å². The van der Waals surface area contributed by atoms with Gasteiger partial charge in [0.1, 0.15) is 0 Å². The number of rotatable bonds is 4. The van der Waals surface area contributed by atoms with Crippen LogP contribution in [0.25, 0.3) is 0 Å². The van der Waals surface area contributed by atoms with E-state index in [1.54, 1.807) is 0 Å². The first-order valence-electron chi connectivity index (χ1n) is 7.44. The van der Waals surface area contributed by atoms with E-state index in [2.05, 4.69) is 5.32 Å². The molecule has 0 spiro atoms. The highest BCUT2D eigenvalue weighted by atomic mass is 32.2. The zero-order valence-electron chi connectivity index (χ0n) is 14.0. The molecule has 136 valence electrons. The van der Waals surface area contributed by atoms with E-state index >= 15 is 0 Å². The molecule has 2 aromatic carbocycles. The lowest BCUT2D eigenvalue weighted by atomic mass is 10.00. The number of primary sulfonamides is 1. The quantitative estimate of drug-likeness (QED) is 0.855. The summed E-state index contributed by atoms with van der Waals surface area (Å²) in [5.74, 6) is 0. The number of halogens is 3. The van der Waals surface area contributed by atoms with Gasteiger partial charge in [0.25, 0.3) is 0 Å². The van der Waals surface area contributed by atoms with E-state index in [-0.39, 0.29) is 5.69 Å². The zero-order valence-corrected chi connectivity index (χ0v) is 14.8. The number of benzene rings is 2. The van der Waals surface area contributed by atoms with Crippen molar-refractivity contribution in [3.8, 4) is 0 Å². The number of hydrogen-bond acceptors (Lipinski definition) is 3. The first kappa shape index (κ1) is 19.3. The largest absolute Gasteiger partial charge is 0.417 e. The van der Waals surface area contributed by atoms with Crippen LogP contribution in [-0.2, 0) is 22.7 Å². The van der Waals surface area contributed by atoms with Crippen molar-refractivity contribution in [3.05, 3.63) is 58.1 Å². The van der Waals surface area contributed by atoms with E-state index in [4.69, 9.17) is 5.14 Å². The summed E-state index contributed by atoms with van der Waals surface area (Å²) in [5, 5.41) is 7.79. The van der Waals surface area contributed by atoms with E-state index in [1.165, 1.54) is 6.07 Å². The van der Waals surface area contributed by atoms with Gasteiger partial charge in [0.15, 0.2) is 0 Å². The Morgan fingerprint density at radius 3 is 2.08 bits per heavy atom. The molecule has 2 aromatic rings. The molecule has 0 atom stereocenters. The molecule has 0 aliphatic rings. The van der Waals surface area contributed by atoms with Gasteiger partial charge in [-0.3, -0.25) is 0 Å². The number of alkyl halides is 3. The fourth-order valence-corrected chi connectivity index (χ4v) is 3.53. The van der Waals surface area contributed by atoms with Crippen LogP contribution in [0.1, 0.15) is 27.8 Å². The molecule has 8 heteroatoms. The molecule has 3 N–H and O–H groups in total. The molecule has 0 saturated heterocycles. The van der Waals surface area contributed by atoms with Crippen LogP contribution < -0.4 is 10.5 Å². The number of anilines is 1. The van der Waals surface area contributed by atoms with E-state index in [0.29, 0.717) is 6.54 Å². The summed E-state index contributed by atoms with van der Waals surface area (Å²) in [6, 6.07) is 6.90. The summed E-state index contributed by atoms with van der Waals surface area (Å²) in [6.07, 6.45) is -4.82. The second-order valence-corrected chi connectivity index (χ2v) is 7.51. The fourth-order valence-electron chi connectivity index (χ4n) is 2.79. The molecular formula is C17H19F3N2O2S. The standard InChI is InChI=1S/C17H19F3N2O2S/c1-10-6-11(2)14(12(3)7-10)9-22-13-4-5-16(25(21,23)24)15(8-13)17(18,19)20/h4-8,22H,9H2,1-3H3,(H2,21,23,24). The van der Waals surface area contributed by atoms with E-state index in [0.717, 1.165) is 34.4 Å². The van der Waals surface area contributed by atoms with Gasteiger partial charge in [-0.1, -0.05) is 17.7 Å². The third kappa shape index (κ3) is 4.52. The van der Waals surface area contributed by atoms with Crippen molar-refractivity contribution in [1.82, 2.24) is 0 Å². The summed E-state index contributed by atoms with van der Waals surface area (Å²) in [4.78, 5) is -0.937. The predicted octanol–water partition coefficient (Wildman–Crippen LogP) is 3.89. The first-order valence-corrected chi connectivity index (χ1v) is 8.99. The summed E-state index contributed by atoms with van der Waals surface area (Å²) in [5.41, 5.74) is 3.03. The Bertz CT molecular complexity index is 884. The van der Waals surface area contributed by atoms with Crippen LogP contribution in [0.3, 0.4) is 0 Å². The van der Waals surface area contributed by atoms with Crippen LogP contribution >= 0.6 is 0 Å². The van der Waals surface area contributed by atoms with Gasteiger partial charge in [0.05, 0.1) is 10.5 Å². The van der Waals surface area contributed by atoms with Gasteiger partial charge in [-0.15, -0.1) is 0 Å². The van der Waals surface area contributed by atoms with E-state index in [9.17, 15) is 21.6 Å². The van der Waals surface area contributed by atoms with Crippen molar-refractivity contribution in [1.29, 1.82) is 0 Å². The van der Waals surface area contributed by atoms with Crippen molar-refractivity contribution in [2.45, 2.75) is 38.4 Å². The van der Waals surface area contributed by atoms with Crippen molar-refractivity contribution in [2.24, 2.45) is 5.14 Å². The van der Waals surface area contributed by atoms with Gasteiger partial charge >= 0.3 is 6.18 Å². The highest BCUT2D eigenvalue weighted by Gasteiger charge is 2.36. The SMILES string of the molecule is Cc1cc(C)c(CNc2ccc(S(N)(=O)=O)c(C(F)(F)F)c2)c(C)c1. The molecule has 0 amide bonds. The van der Waals surface area contributed by atoms with Gasteiger partial charge in [-0.25, -0.2) is 13.6 Å². The lowest BCUT2D eigenvalue weighted by molar-refractivity contribution is -0.139. The first-order chi connectivity index (χ1) is 11.4. The minimum Gasteiger partial charge on any atom is -0.381 e. The molecule has 0 radical (unpaired) electrons. The molecule has 4 nitrogen and oxygen atoms in total. The maximum Gasteiger partial charge on any atom is 0.417 e. The van der Waals surface area contributed by atoms with Crippen molar-refractivity contribution < 1.29 is 21.6 Å². The molecular weight excluding hydrogens is 353 g/mol. The van der Waals surface area contributed by atoms with Crippen LogP contribution in [0, 0.1) is 20.8 Å². The summed E-state index contributed by atoms with van der Waals surface area (Å²) in [6.45, 7) is 6.16. The summed E-state index contributed by atoms with van der Waals surface area (Å²) < 4.78 is 62.2. The van der Waals surface area contributed by atoms with Gasteiger partial charge in [0.2, 0.25) is 10.0 Å². The number of nitrogens with one attached hydrogen (secondary N) is 1. The highest BCUT2D eigenvalue weighted by Crippen LogP contribution is 2.35. The van der Waals surface area contributed by atoms with Crippen LogP contribution in [0.15, 0.2) is 35.2 Å². The second kappa shape index (κ2) is 6.68. The van der Waals surface area contributed by atoms with Crippen LogP contribution in [0.4, 0.5) is 18.9 Å². The van der Waals surface area contributed by atoms with Crippen molar-refractivity contribution >= 4 is 15.7 Å². The molecule has 0 aromatic heterocycles. The normalized spacial score (nSPS) is 12.3. The summed E-state index contributed by atoms with van der Waals surface area (Å²) in [7, 11) is -4.47. The monoisotopic (exact) mass is 372 g/mol. The Hall–Kier alpha value is -2.06. The zero-order chi connectivity index (χ0) is 19.0. The van der Waals surface area contributed by atoms with E-state index < -0.39 is 26.7 Å². The maximum atomic E-state index is 13.1. The molecule has 0 bridgehead atoms. The molecule has 25 heavy (non-hydrogen) atoms. The number of aryl methyl sites for hydroxylation is 3. The summed E-state index contributed by atoms with van der Waals surface area (Å²) >= 11 is 0. The molecule has 0 aliphatic carbocycles. The Morgan fingerprint density at radius 2 is 1.60 bits per heavy atom. The molecule has 2 rings (SSSR count). The minimum absolute atomic E-state index is 0.166. The minimum atomic E-state index is -4.82. The number of sulfonamides is 1. The molecule has 0 saturated carbocycles. The Balaban J connectivity index is 2.36. The number of nitrogens with two attached hydrogens (primary N) is 1. The molecule has 0 aliphatic heterocycles. The fraction of sp³-hybridized carbons (Fsp3) is 0.294. The lowest BCUT2D eigenvalue weighted by Crippen LogP contribution is -2.19. The van der Waals surface area contributed by atoms with Gasteiger partial charge in [-0.2, -0.15) is 13.2 Å². The second-order valence-electron chi connectivity index (χ2n) is 5.98.